The van der Waals surface area contributed by atoms with Gasteiger partial charge in [-0.15, -0.1) is 0 Å². The van der Waals surface area contributed by atoms with Gasteiger partial charge >= 0.3 is 7.82 Å². The molecular formula is C23H27O6P. The van der Waals surface area contributed by atoms with E-state index in [1.165, 1.54) is 0 Å². The van der Waals surface area contributed by atoms with Crippen molar-refractivity contribution in [1.29, 1.82) is 0 Å². The van der Waals surface area contributed by atoms with Crippen LogP contribution in [0.15, 0.2) is 66.7 Å². The summed E-state index contributed by atoms with van der Waals surface area (Å²) in [5.74, 6) is 0.807. The molecule has 0 unspecified atom stereocenters. The third kappa shape index (κ3) is 6.36. The van der Waals surface area contributed by atoms with E-state index >= 15 is 0 Å². The van der Waals surface area contributed by atoms with Crippen LogP contribution in [0.2, 0.25) is 0 Å². The molecule has 0 bridgehead atoms. The van der Waals surface area contributed by atoms with E-state index in [4.69, 9.17) is 9.79 Å². The average Bonchev–Trinajstić information content (AvgIpc) is 2.65. The first-order chi connectivity index (χ1) is 13.9. The molecule has 0 heterocycles. The average molecular weight is 430 g/mol. The summed E-state index contributed by atoms with van der Waals surface area (Å²) in [5, 5.41) is 18.6. The fourth-order valence-electron chi connectivity index (χ4n) is 2.98. The van der Waals surface area contributed by atoms with E-state index in [9.17, 15) is 14.8 Å². The molecule has 0 radical (unpaired) electrons. The van der Waals surface area contributed by atoms with Gasteiger partial charge in [0, 0.05) is 5.41 Å². The van der Waals surface area contributed by atoms with Crippen LogP contribution in [0.1, 0.15) is 36.1 Å². The summed E-state index contributed by atoms with van der Waals surface area (Å²) in [6.07, 6.45) is 0. The monoisotopic (exact) mass is 430 g/mol. The smallest absolute Gasteiger partial charge is 0.508 e. The molecule has 0 aliphatic carbocycles. The van der Waals surface area contributed by atoms with Crippen molar-refractivity contribution in [2.45, 2.75) is 33.1 Å². The number of para-hydroxylation sites is 1. The standard InChI is InChI=1S/C15H16O2.C8H11O4P/c1-15(2,11-3-7-13(16)8-4-11)12-5-9-14(17)10-6-12;1-6-4-3-5-7(2)8(6)12-13(9,10)11/h3-10,16-17H,1-2H3;3-5H,1-2H3,(H2,9,10,11). The quantitative estimate of drug-likeness (QED) is 0.424. The van der Waals surface area contributed by atoms with Gasteiger partial charge < -0.3 is 14.7 Å². The number of benzene rings is 3. The topological polar surface area (TPSA) is 107 Å². The first kappa shape index (κ1) is 23.5. The number of phosphoric ester groups is 1. The molecule has 0 aliphatic rings. The summed E-state index contributed by atoms with van der Waals surface area (Å²) < 4.78 is 15.1. The predicted octanol–water partition coefficient (Wildman–Crippen LogP) is 5.20. The maximum absolute atomic E-state index is 10.6. The number of aryl methyl sites for hydroxylation is 2. The highest BCUT2D eigenvalue weighted by molar-refractivity contribution is 7.46. The van der Waals surface area contributed by atoms with Crippen molar-refractivity contribution < 1.29 is 29.1 Å². The number of phosphoric acid groups is 1. The lowest BCUT2D eigenvalue weighted by atomic mass is 9.78. The fourth-order valence-corrected chi connectivity index (χ4v) is 3.51. The molecule has 0 fully saturated rings. The minimum atomic E-state index is -4.44. The Labute approximate surface area is 176 Å². The zero-order valence-corrected chi connectivity index (χ0v) is 18.3. The van der Waals surface area contributed by atoms with Gasteiger partial charge in [-0.05, 0) is 60.4 Å². The molecule has 6 nitrogen and oxygen atoms in total. The van der Waals surface area contributed by atoms with Crippen LogP contribution < -0.4 is 4.52 Å². The Morgan fingerprint density at radius 3 is 1.43 bits per heavy atom. The van der Waals surface area contributed by atoms with Crippen LogP contribution >= 0.6 is 7.82 Å². The molecule has 0 saturated carbocycles. The zero-order valence-electron chi connectivity index (χ0n) is 17.4. The van der Waals surface area contributed by atoms with Crippen molar-refractivity contribution >= 4 is 7.82 Å². The fraction of sp³-hybridized carbons (Fsp3) is 0.217. The Balaban J connectivity index is 0.000000222. The van der Waals surface area contributed by atoms with Crippen LogP contribution in [0.5, 0.6) is 17.2 Å². The highest BCUT2D eigenvalue weighted by Crippen LogP contribution is 2.40. The van der Waals surface area contributed by atoms with Gasteiger partial charge in [0.1, 0.15) is 17.2 Å². The minimum Gasteiger partial charge on any atom is -0.508 e. The molecule has 0 aromatic heterocycles. The lowest BCUT2D eigenvalue weighted by Crippen LogP contribution is -2.18. The number of rotatable bonds is 4. The predicted molar refractivity (Wildman–Crippen MR) is 117 cm³/mol. The van der Waals surface area contributed by atoms with E-state index in [-0.39, 0.29) is 22.7 Å². The van der Waals surface area contributed by atoms with E-state index < -0.39 is 7.82 Å². The van der Waals surface area contributed by atoms with E-state index in [0.717, 1.165) is 11.1 Å². The summed E-state index contributed by atoms with van der Waals surface area (Å²) in [4.78, 5) is 17.2. The summed E-state index contributed by atoms with van der Waals surface area (Å²) in [6.45, 7) is 7.70. The van der Waals surface area contributed by atoms with Crippen molar-refractivity contribution in [2.24, 2.45) is 0 Å². The van der Waals surface area contributed by atoms with Crippen LogP contribution in [-0.2, 0) is 9.98 Å². The normalized spacial score (nSPS) is 11.4. The minimum absolute atomic E-state index is 0.151. The molecule has 4 N–H and O–H groups in total. The van der Waals surface area contributed by atoms with Crippen molar-refractivity contribution in [3.8, 4) is 17.2 Å². The molecule has 0 amide bonds. The van der Waals surface area contributed by atoms with E-state index in [1.807, 2.05) is 24.3 Å². The van der Waals surface area contributed by atoms with Gasteiger partial charge in [0.15, 0.2) is 0 Å². The van der Waals surface area contributed by atoms with Gasteiger partial charge in [-0.2, -0.15) is 0 Å². The zero-order chi connectivity index (χ0) is 22.5. The first-order valence-electron chi connectivity index (χ1n) is 9.30. The van der Waals surface area contributed by atoms with Gasteiger partial charge in [0.25, 0.3) is 0 Å². The summed E-state index contributed by atoms with van der Waals surface area (Å²) in [5.41, 5.74) is 3.52. The highest BCUT2D eigenvalue weighted by atomic mass is 31.2. The number of aromatic hydroxyl groups is 2. The second-order valence-corrected chi connectivity index (χ2v) is 8.69. The molecule has 3 rings (SSSR count). The van der Waals surface area contributed by atoms with Crippen molar-refractivity contribution in [3.05, 3.63) is 89.0 Å². The molecule has 160 valence electrons. The number of hydrogen-bond acceptors (Lipinski definition) is 4. The maximum atomic E-state index is 10.6. The van der Waals surface area contributed by atoms with Crippen molar-refractivity contribution in [3.63, 3.8) is 0 Å². The number of phenols is 2. The molecular weight excluding hydrogens is 403 g/mol. The van der Waals surface area contributed by atoms with Crippen LogP contribution in [0.25, 0.3) is 0 Å². The lowest BCUT2D eigenvalue weighted by Gasteiger charge is -2.26. The maximum Gasteiger partial charge on any atom is 0.524 e. The van der Waals surface area contributed by atoms with Gasteiger partial charge in [0.05, 0.1) is 0 Å². The Morgan fingerprint density at radius 1 is 0.733 bits per heavy atom. The molecule has 0 aliphatic heterocycles. The van der Waals surface area contributed by atoms with E-state index in [2.05, 4.69) is 18.4 Å². The molecule has 7 heteroatoms. The Hall–Kier alpha value is -2.79. The third-order valence-electron chi connectivity index (χ3n) is 4.80. The molecule has 0 atom stereocenters. The first-order valence-corrected chi connectivity index (χ1v) is 10.8. The van der Waals surface area contributed by atoms with E-state index in [1.54, 1.807) is 56.3 Å². The van der Waals surface area contributed by atoms with E-state index in [0.29, 0.717) is 11.1 Å². The van der Waals surface area contributed by atoms with Crippen LogP contribution in [0, 0.1) is 13.8 Å². The second kappa shape index (κ2) is 9.35. The number of phenolic OH excluding ortho intramolecular Hbond substituents is 2. The second-order valence-electron chi connectivity index (χ2n) is 7.52. The van der Waals surface area contributed by atoms with Gasteiger partial charge in [-0.3, -0.25) is 9.79 Å². The summed E-state index contributed by atoms with van der Waals surface area (Å²) >= 11 is 0. The molecule has 0 spiro atoms. The highest BCUT2D eigenvalue weighted by Gasteiger charge is 2.22. The molecule has 3 aromatic carbocycles. The van der Waals surface area contributed by atoms with Crippen molar-refractivity contribution in [2.75, 3.05) is 0 Å². The Kier molecular flexibility index (Phi) is 7.32. The SMILES string of the molecule is CC(C)(c1ccc(O)cc1)c1ccc(O)cc1.Cc1cccc(C)c1OP(=O)(O)O. The Morgan fingerprint density at radius 2 is 1.10 bits per heavy atom. The molecule has 0 saturated heterocycles. The van der Waals surface area contributed by atoms with Gasteiger partial charge in [0.2, 0.25) is 0 Å². The number of hydrogen-bond donors (Lipinski definition) is 4. The van der Waals surface area contributed by atoms with Crippen LogP contribution in [0.4, 0.5) is 0 Å². The largest absolute Gasteiger partial charge is 0.524 e. The Bertz CT molecular complexity index is 953. The van der Waals surface area contributed by atoms with Crippen LogP contribution in [0.3, 0.4) is 0 Å². The van der Waals surface area contributed by atoms with Crippen molar-refractivity contribution in [1.82, 2.24) is 0 Å². The molecule has 3 aromatic rings. The summed E-state index contributed by atoms with van der Waals surface area (Å²) in [7, 11) is -4.44. The summed E-state index contributed by atoms with van der Waals surface area (Å²) in [6, 6.07) is 19.7. The van der Waals surface area contributed by atoms with Gasteiger partial charge in [-0.25, -0.2) is 4.57 Å². The van der Waals surface area contributed by atoms with Gasteiger partial charge in [-0.1, -0.05) is 56.3 Å². The molecule has 30 heavy (non-hydrogen) atoms. The van der Waals surface area contributed by atoms with Crippen LogP contribution in [-0.4, -0.2) is 20.0 Å². The lowest BCUT2D eigenvalue weighted by molar-refractivity contribution is 0.282. The third-order valence-corrected chi connectivity index (χ3v) is 5.22.